The molecule has 0 bridgehead atoms. The van der Waals surface area contributed by atoms with E-state index in [1.165, 1.54) is 0 Å². The molecule has 0 aliphatic carbocycles. The van der Waals surface area contributed by atoms with Crippen LogP contribution < -0.4 is 5.32 Å². The fraction of sp³-hybridized carbons (Fsp3) is 0. The number of furan rings is 1. The SMILES string of the molecule is C1=CC=CNC=C1.c1ccoc1. The molecule has 2 rings (SSSR count). The molecule has 62 valence electrons. The van der Waals surface area contributed by atoms with Crippen molar-refractivity contribution < 1.29 is 4.42 Å². The van der Waals surface area contributed by atoms with Crippen molar-refractivity contribution in [3.05, 3.63) is 61.4 Å². The summed E-state index contributed by atoms with van der Waals surface area (Å²) >= 11 is 0. The highest BCUT2D eigenvalue weighted by Crippen LogP contribution is 1.81. The lowest BCUT2D eigenvalue weighted by molar-refractivity contribution is 0.567. The Morgan fingerprint density at radius 2 is 1.33 bits per heavy atom. The molecule has 0 aromatic carbocycles. The predicted molar refractivity (Wildman–Crippen MR) is 49.3 cm³/mol. The lowest BCUT2D eigenvalue weighted by Gasteiger charge is -1.79. The van der Waals surface area contributed by atoms with Crippen molar-refractivity contribution in [2.45, 2.75) is 0 Å². The van der Waals surface area contributed by atoms with Gasteiger partial charge < -0.3 is 9.73 Å². The zero-order valence-corrected chi connectivity index (χ0v) is 6.68. The summed E-state index contributed by atoms with van der Waals surface area (Å²) in [5, 5.41) is 2.92. The van der Waals surface area contributed by atoms with E-state index in [9.17, 15) is 0 Å². The number of allylic oxidation sites excluding steroid dienone is 4. The van der Waals surface area contributed by atoms with Crippen molar-refractivity contribution in [2.75, 3.05) is 0 Å². The highest BCUT2D eigenvalue weighted by Gasteiger charge is 1.67. The van der Waals surface area contributed by atoms with Crippen molar-refractivity contribution in [1.82, 2.24) is 5.32 Å². The molecule has 0 amide bonds. The van der Waals surface area contributed by atoms with Gasteiger partial charge in [0.1, 0.15) is 0 Å². The van der Waals surface area contributed by atoms with Crippen molar-refractivity contribution in [3.63, 3.8) is 0 Å². The molecule has 12 heavy (non-hydrogen) atoms. The third-order valence-electron chi connectivity index (χ3n) is 1.14. The molecule has 0 atom stereocenters. The molecule has 0 saturated carbocycles. The molecule has 0 unspecified atom stereocenters. The molecule has 0 spiro atoms. The van der Waals surface area contributed by atoms with Gasteiger partial charge in [0.15, 0.2) is 0 Å². The summed E-state index contributed by atoms with van der Waals surface area (Å²) in [5.41, 5.74) is 0. The topological polar surface area (TPSA) is 25.2 Å². The van der Waals surface area contributed by atoms with Gasteiger partial charge in [-0.05, 0) is 24.3 Å². The van der Waals surface area contributed by atoms with Gasteiger partial charge in [-0.2, -0.15) is 0 Å². The van der Waals surface area contributed by atoms with Crippen molar-refractivity contribution in [1.29, 1.82) is 0 Å². The first kappa shape index (κ1) is 8.40. The van der Waals surface area contributed by atoms with Gasteiger partial charge in [-0.15, -0.1) is 0 Å². The third kappa shape index (κ3) is 4.17. The Hall–Kier alpha value is -1.70. The molecule has 2 nitrogen and oxygen atoms in total. The Morgan fingerprint density at radius 1 is 0.750 bits per heavy atom. The Bertz CT molecular complexity index is 226. The van der Waals surface area contributed by atoms with Gasteiger partial charge in [0.2, 0.25) is 0 Å². The molecule has 2 heterocycles. The van der Waals surface area contributed by atoms with E-state index < -0.39 is 0 Å². The lowest BCUT2D eigenvalue weighted by Crippen LogP contribution is -1.87. The standard InChI is InChI=1S/C6H7N.C4H4O/c1-2-4-6-7-5-3-1;1-2-4-5-3-1/h1-7H;1-4H. The zero-order chi connectivity index (χ0) is 8.49. The fourth-order valence-corrected chi connectivity index (χ4v) is 0.633. The van der Waals surface area contributed by atoms with Gasteiger partial charge in [-0.25, -0.2) is 0 Å². The summed E-state index contributed by atoms with van der Waals surface area (Å²) in [4.78, 5) is 0. The summed E-state index contributed by atoms with van der Waals surface area (Å²) in [5.74, 6) is 0. The smallest absolute Gasteiger partial charge is 0.0902 e. The van der Waals surface area contributed by atoms with Gasteiger partial charge in [0.25, 0.3) is 0 Å². The molecule has 1 aliphatic heterocycles. The molecular formula is C10H11NO. The minimum absolute atomic E-state index is 1.62. The summed E-state index contributed by atoms with van der Waals surface area (Å²) in [6.07, 6.45) is 14.8. The summed E-state index contributed by atoms with van der Waals surface area (Å²) < 4.78 is 4.58. The van der Waals surface area contributed by atoms with Crippen LogP contribution in [0.3, 0.4) is 0 Å². The van der Waals surface area contributed by atoms with Crippen LogP contribution in [0.1, 0.15) is 0 Å². The van der Waals surface area contributed by atoms with E-state index in [4.69, 9.17) is 0 Å². The van der Waals surface area contributed by atoms with Gasteiger partial charge in [-0.3, -0.25) is 0 Å². The summed E-state index contributed by atoms with van der Waals surface area (Å²) in [6, 6.07) is 3.67. The van der Waals surface area contributed by atoms with Crippen LogP contribution >= 0.6 is 0 Å². The lowest BCUT2D eigenvalue weighted by atomic mass is 10.5. The first-order valence-electron chi connectivity index (χ1n) is 3.72. The third-order valence-corrected chi connectivity index (χ3v) is 1.14. The predicted octanol–water partition coefficient (Wildman–Crippen LogP) is 2.45. The van der Waals surface area contributed by atoms with Crippen LogP contribution in [0.25, 0.3) is 0 Å². The van der Waals surface area contributed by atoms with E-state index in [0.29, 0.717) is 0 Å². The molecule has 1 aromatic rings. The van der Waals surface area contributed by atoms with Crippen molar-refractivity contribution in [3.8, 4) is 0 Å². The number of hydrogen-bond donors (Lipinski definition) is 1. The average molecular weight is 161 g/mol. The molecule has 0 saturated heterocycles. The normalized spacial score (nSPS) is 12.7. The van der Waals surface area contributed by atoms with Crippen LogP contribution in [0, 0.1) is 0 Å². The first-order chi connectivity index (χ1) is 6.00. The highest BCUT2D eigenvalue weighted by atomic mass is 16.3. The maximum absolute atomic E-state index is 4.58. The second-order valence-corrected chi connectivity index (χ2v) is 2.06. The highest BCUT2D eigenvalue weighted by molar-refractivity contribution is 5.14. The fourth-order valence-electron chi connectivity index (χ4n) is 0.633. The second-order valence-electron chi connectivity index (χ2n) is 2.06. The van der Waals surface area contributed by atoms with Crippen molar-refractivity contribution >= 4 is 0 Å². The molecule has 0 radical (unpaired) electrons. The quantitative estimate of drug-likeness (QED) is 0.632. The monoisotopic (exact) mass is 161 g/mol. The van der Waals surface area contributed by atoms with Gasteiger partial charge in [0.05, 0.1) is 12.5 Å². The van der Waals surface area contributed by atoms with Gasteiger partial charge in [0, 0.05) is 12.4 Å². The van der Waals surface area contributed by atoms with Gasteiger partial charge in [-0.1, -0.05) is 12.2 Å². The molecule has 1 aromatic heterocycles. The molecule has 0 fully saturated rings. The van der Waals surface area contributed by atoms with E-state index in [-0.39, 0.29) is 0 Å². The Balaban J connectivity index is 0.000000127. The Morgan fingerprint density at radius 3 is 1.75 bits per heavy atom. The van der Waals surface area contributed by atoms with E-state index in [1.807, 2.05) is 48.8 Å². The van der Waals surface area contributed by atoms with Crippen LogP contribution in [0.2, 0.25) is 0 Å². The zero-order valence-electron chi connectivity index (χ0n) is 6.68. The molecular weight excluding hydrogens is 150 g/mol. The Labute approximate surface area is 71.9 Å². The first-order valence-corrected chi connectivity index (χ1v) is 3.72. The van der Waals surface area contributed by atoms with Crippen LogP contribution in [-0.2, 0) is 0 Å². The van der Waals surface area contributed by atoms with Crippen LogP contribution in [0.4, 0.5) is 0 Å². The van der Waals surface area contributed by atoms with Crippen LogP contribution in [-0.4, -0.2) is 0 Å². The molecule has 2 heteroatoms. The number of rotatable bonds is 0. The maximum atomic E-state index is 4.58. The number of nitrogens with one attached hydrogen (secondary N) is 1. The number of hydrogen-bond acceptors (Lipinski definition) is 2. The second kappa shape index (κ2) is 6.04. The average Bonchev–Trinajstić information content (AvgIpc) is 2.54. The van der Waals surface area contributed by atoms with E-state index >= 15 is 0 Å². The summed E-state index contributed by atoms with van der Waals surface area (Å²) in [6.45, 7) is 0. The maximum Gasteiger partial charge on any atom is 0.0902 e. The van der Waals surface area contributed by atoms with Crippen molar-refractivity contribution in [2.24, 2.45) is 0 Å². The van der Waals surface area contributed by atoms with Gasteiger partial charge >= 0.3 is 0 Å². The summed E-state index contributed by atoms with van der Waals surface area (Å²) in [7, 11) is 0. The Kier molecular flexibility index (Phi) is 4.23. The van der Waals surface area contributed by atoms with E-state index in [1.54, 1.807) is 12.5 Å². The van der Waals surface area contributed by atoms with Crippen LogP contribution in [0.15, 0.2) is 65.8 Å². The largest absolute Gasteiger partial charge is 0.473 e. The minimum Gasteiger partial charge on any atom is -0.473 e. The minimum atomic E-state index is 1.62. The molecule has 1 N–H and O–H groups in total. The molecule has 1 aliphatic rings. The van der Waals surface area contributed by atoms with E-state index in [2.05, 4.69) is 9.73 Å². The van der Waals surface area contributed by atoms with Crippen LogP contribution in [0.5, 0.6) is 0 Å². The van der Waals surface area contributed by atoms with E-state index in [0.717, 1.165) is 0 Å².